The van der Waals surface area contributed by atoms with Crippen molar-refractivity contribution < 1.29 is 0 Å². The quantitative estimate of drug-likeness (QED) is 0.812. The average Bonchev–Trinajstić information content (AvgIpc) is 2.49. The average molecular weight is 285 g/mol. The summed E-state index contributed by atoms with van der Waals surface area (Å²) in [6.45, 7) is 3.65. The van der Waals surface area contributed by atoms with Gasteiger partial charge in [-0.2, -0.15) is 5.26 Å². The molecular formula is C17H17ClN2. The van der Waals surface area contributed by atoms with Crippen molar-refractivity contribution in [3.63, 3.8) is 0 Å². The fourth-order valence-corrected chi connectivity index (χ4v) is 2.34. The summed E-state index contributed by atoms with van der Waals surface area (Å²) in [6, 6.07) is 19.8. The Balaban J connectivity index is 2.20. The highest BCUT2D eigenvalue weighted by Gasteiger charge is 2.18. The largest absolute Gasteiger partial charge is 0.280 e. The van der Waals surface area contributed by atoms with E-state index < -0.39 is 0 Å². The third-order valence-electron chi connectivity index (χ3n) is 3.31. The summed E-state index contributed by atoms with van der Waals surface area (Å²) < 4.78 is 0. The summed E-state index contributed by atoms with van der Waals surface area (Å²) in [5.41, 5.74) is 2.19. The predicted molar refractivity (Wildman–Crippen MR) is 82.3 cm³/mol. The topological polar surface area (TPSA) is 27.0 Å². The maximum atomic E-state index is 9.50. The molecule has 0 aliphatic carbocycles. The van der Waals surface area contributed by atoms with E-state index in [-0.39, 0.29) is 6.04 Å². The summed E-state index contributed by atoms with van der Waals surface area (Å²) in [5.74, 6) is 0. The summed E-state index contributed by atoms with van der Waals surface area (Å²) in [5, 5.41) is 10.2. The lowest BCUT2D eigenvalue weighted by Gasteiger charge is -2.26. The van der Waals surface area contributed by atoms with Crippen LogP contribution in [0, 0.1) is 11.3 Å². The Morgan fingerprint density at radius 1 is 1.10 bits per heavy atom. The number of hydrogen-bond donors (Lipinski definition) is 0. The van der Waals surface area contributed by atoms with Crippen molar-refractivity contribution >= 4 is 11.6 Å². The van der Waals surface area contributed by atoms with E-state index in [0.717, 1.165) is 18.7 Å². The minimum atomic E-state index is -0.252. The minimum Gasteiger partial charge on any atom is -0.280 e. The van der Waals surface area contributed by atoms with Crippen molar-refractivity contribution in [1.82, 2.24) is 4.90 Å². The van der Waals surface area contributed by atoms with Gasteiger partial charge >= 0.3 is 0 Å². The van der Waals surface area contributed by atoms with E-state index in [1.807, 2.05) is 42.5 Å². The molecule has 20 heavy (non-hydrogen) atoms. The Hall–Kier alpha value is -1.82. The fourth-order valence-electron chi connectivity index (χ4n) is 2.22. The van der Waals surface area contributed by atoms with Gasteiger partial charge in [0.05, 0.1) is 6.07 Å². The molecule has 2 nitrogen and oxygen atoms in total. The van der Waals surface area contributed by atoms with E-state index in [0.29, 0.717) is 5.02 Å². The monoisotopic (exact) mass is 284 g/mol. The molecule has 0 fully saturated rings. The second kappa shape index (κ2) is 7.09. The lowest BCUT2D eigenvalue weighted by atomic mass is 10.1. The fraction of sp³-hybridized carbons (Fsp3) is 0.235. The van der Waals surface area contributed by atoms with Gasteiger partial charge in [0.2, 0.25) is 0 Å². The van der Waals surface area contributed by atoms with Crippen LogP contribution in [0.2, 0.25) is 5.02 Å². The number of nitriles is 1. The van der Waals surface area contributed by atoms with Gasteiger partial charge in [0.15, 0.2) is 0 Å². The summed E-state index contributed by atoms with van der Waals surface area (Å²) in [4.78, 5) is 2.15. The van der Waals surface area contributed by atoms with Gasteiger partial charge in [0, 0.05) is 11.6 Å². The predicted octanol–water partition coefficient (Wildman–Crippen LogP) is 4.43. The molecular weight excluding hydrogens is 268 g/mol. The first-order valence-electron chi connectivity index (χ1n) is 6.67. The number of nitrogens with zero attached hydrogens (tertiary/aromatic N) is 2. The van der Waals surface area contributed by atoms with Gasteiger partial charge in [-0.15, -0.1) is 0 Å². The molecule has 0 amide bonds. The minimum absolute atomic E-state index is 0.252. The standard InChI is InChI=1S/C17H17ClN2/c1-2-20(13-14-6-4-3-5-7-14)17(12-19)15-8-10-16(18)11-9-15/h3-11,17H,2,13H2,1H3. The van der Waals surface area contributed by atoms with Crippen LogP contribution in [0.25, 0.3) is 0 Å². The van der Waals surface area contributed by atoms with Crippen molar-refractivity contribution in [2.24, 2.45) is 0 Å². The molecule has 0 radical (unpaired) electrons. The molecule has 0 saturated heterocycles. The summed E-state index contributed by atoms with van der Waals surface area (Å²) in [6.07, 6.45) is 0. The molecule has 0 aromatic heterocycles. The van der Waals surface area contributed by atoms with Crippen LogP contribution in [-0.4, -0.2) is 11.4 Å². The van der Waals surface area contributed by atoms with Crippen LogP contribution in [0.5, 0.6) is 0 Å². The Morgan fingerprint density at radius 2 is 1.75 bits per heavy atom. The number of benzene rings is 2. The van der Waals surface area contributed by atoms with Crippen molar-refractivity contribution in [2.75, 3.05) is 6.54 Å². The van der Waals surface area contributed by atoms with E-state index in [9.17, 15) is 5.26 Å². The zero-order chi connectivity index (χ0) is 14.4. The number of halogens is 1. The van der Waals surface area contributed by atoms with Crippen LogP contribution in [0.1, 0.15) is 24.1 Å². The Bertz CT molecular complexity index is 572. The maximum absolute atomic E-state index is 9.50. The van der Waals surface area contributed by atoms with Crippen molar-refractivity contribution in [1.29, 1.82) is 5.26 Å². The number of hydrogen-bond acceptors (Lipinski definition) is 2. The van der Waals surface area contributed by atoms with Gasteiger partial charge < -0.3 is 0 Å². The van der Waals surface area contributed by atoms with Crippen LogP contribution in [0.3, 0.4) is 0 Å². The number of rotatable bonds is 5. The van der Waals surface area contributed by atoms with Crippen LogP contribution >= 0.6 is 11.6 Å². The van der Waals surface area contributed by atoms with Gasteiger partial charge in [-0.25, -0.2) is 0 Å². The molecule has 1 unspecified atom stereocenters. The molecule has 0 N–H and O–H groups in total. The smallest absolute Gasteiger partial charge is 0.124 e. The molecule has 0 aliphatic rings. The molecule has 2 aromatic carbocycles. The van der Waals surface area contributed by atoms with Crippen LogP contribution in [0.4, 0.5) is 0 Å². The summed E-state index contributed by atoms with van der Waals surface area (Å²) in [7, 11) is 0. The molecule has 0 bridgehead atoms. The van der Waals surface area contributed by atoms with Gasteiger partial charge in [-0.1, -0.05) is 61.0 Å². The molecule has 0 spiro atoms. The lowest BCUT2D eigenvalue weighted by molar-refractivity contribution is 0.239. The first kappa shape index (κ1) is 14.6. The zero-order valence-corrected chi connectivity index (χ0v) is 12.2. The van der Waals surface area contributed by atoms with Crippen LogP contribution in [0.15, 0.2) is 54.6 Å². The van der Waals surface area contributed by atoms with E-state index >= 15 is 0 Å². The molecule has 0 heterocycles. The third kappa shape index (κ3) is 3.60. The Kier molecular flexibility index (Phi) is 5.17. The van der Waals surface area contributed by atoms with E-state index in [2.05, 4.69) is 30.0 Å². The van der Waals surface area contributed by atoms with Gasteiger partial charge in [-0.3, -0.25) is 4.90 Å². The summed E-state index contributed by atoms with van der Waals surface area (Å²) >= 11 is 5.91. The molecule has 0 saturated carbocycles. The zero-order valence-electron chi connectivity index (χ0n) is 11.5. The lowest BCUT2D eigenvalue weighted by Crippen LogP contribution is -2.27. The van der Waals surface area contributed by atoms with Crippen molar-refractivity contribution in [2.45, 2.75) is 19.5 Å². The second-order valence-corrected chi connectivity index (χ2v) is 5.07. The van der Waals surface area contributed by atoms with Crippen molar-refractivity contribution in [3.8, 4) is 6.07 Å². The van der Waals surface area contributed by atoms with Crippen LogP contribution < -0.4 is 0 Å². The van der Waals surface area contributed by atoms with Gasteiger partial charge in [-0.05, 0) is 29.8 Å². The molecule has 2 aromatic rings. The van der Waals surface area contributed by atoms with Gasteiger partial charge in [0.25, 0.3) is 0 Å². The highest BCUT2D eigenvalue weighted by atomic mass is 35.5. The highest BCUT2D eigenvalue weighted by molar-refractivity contribution is 6.30. The molecule has 3 heteroatoms. The highest BCUT2D eigenvalue weighted by Crippen LogP contribution is 2.23. The second-order valence-electron chi connectivity index (χ2n) is 4.63. The SMILES string of the molecule is CCN(Cc1ccccc1)C(C#N)c1ccc(Cl)cc1. The Morgan fingerprint density at radius 3 is 2.30 bits per heavy atom. The molecule has 102 valence electrons. The van der Waals surface area contributed by atoms with Crippen molar-refractivity contribution in [3.05, 3.63) is 70.7 Å². The first-order valence-corrected chi connectivity index (χ1v) is 7.05. The third-order valence-corrected chi connectivity index (χ3v) is 3.56. The Labute approximate surface area is 125 Å². The molecule has 1 atom stereocenters. The molecule has 0 aliphatic heterocycles. The molecule has 2 rings (SSSR count). The van der Waals surface area contributed by atoms with E-state index in [1.165, 1.54) is 5.56 Å². The maximum Gasteiger partial charge on any atom is 0.124 e. The van der Waals surface area contributed by atoms with E-state index in [1.54, 1.807) is 0 Å². The first-order chi connectivity index (χ1) is 9.74. The van der Waals surface area contributed by atoms with Crippen LogP contribution in [-0.2, 0) is 6.54 Å². The van der Waals surface area contributed by atoms with E-state index in [4.69, 9.17) is 11.6 Å². The normalized spacial score (nSPS) is 12.1. The van der Waals surface area contributed by atoms with Gasteiger partial charge in [0.1, 0.15) is 6.04 Å².